The quantitative estimate of drug-likeness (QED) is 0.735. The van der Waals surface area contributed by atoms with Crippen molar-refractivity contribution in [1.82, 2.24) is 4.90 Å². The Morgan fingerprint density at radius 1 is 0.957 bits per heavy atom. The number of nitrogens with zero attached hydrogens (tertiary/aromatic N) is 1. The van der Waals surface area contributed by atoms with Crippen LogP contribution in [-0.4, -0.2) is 30.9 Å². The molecule has 3 nitrogen and oxygen atoms in total. The molecule has 3 rings (SSSR count). The first-order valence-corrected chi connectivity index (χ1v) is 8.14. The highest BCUT2D eigenvalue weighted by atomic mass is 16.5. The van der Waals surface area contributed by atoms with Crippen molar-refractivity contribution >= 4 is 6.29 Å². The fourth-order valence-electron chi connectivity index (χ4n) is 3.17. The summed E-state index contributed by atoms with van der Waals surface area (Å²) in [6.07, 6.45) is 1.92. The van der Waals surface area contributed by atoms with Crippen LogP contribution in [0.1, 0.15) is 17.5 Å². The van der Waals surface area contributed by atoms with Crippen molar-refractivity contribution in [3.63, 3.8) is 0 Å². The van der Waals surface area contributed by atoms with Crippen LogP contribution >= 0.6 is 0 Å². The van der Waals surface area contributed by atoms with Crippen molar-refractivity contribution in [1.29, 1.82) is 0 Å². The molecule has 0 aromatic heterocycles. The van der Waals surface area contributed by atoms with Gasteiger partial charge in [0.05, 0.1) is 12.0 Å². The Morgan fingerprint density at radius 3 is 1.96 bits per heavy atom. The molecule has 1 aliphatic rings. The standard InChI is InChI=1S/C20H23NO2/c22-16-20(11-12-23-17-20)15-21(13-18-7-3-1-4-8-18)14-19-9-5-2-6-10-19/h1-10,16H,11-15,17H2. The van der Waals surface area contributed by atoms with Gasteiger partial charge in [0.15, 0.2) is 0 Å². The van der Waals surface area contributed by atoms with E-state index in [1.807, 2.05) is 12.1 Å². The molecule has 2 aromatic rings. The van der Waals surface area contributed by atoms with E-state index in [4.69, 9.17) is 4.74 Å². The van der Waals surface area contributed by atoms with Gasteiger partial charge in [0, 0.05) is 26.2 Å². The smallest absolute Gasteiger partial charge is 0.129 e. The van der Waals surface area contributed by atoms with E-state index in [0.717, 1.165) is 32.3 Å². The molecule has 3 heteroatoms. The maximum Gasteiger partial charge on any atom is 0.129 e. The van der Waals surface area contributed by atoms with Crippen LogP contribution in [0.4, 0.5) is 0 Å². The fraction of sp³-hybridized carbons (Fsp3) is 0.350. The van der Waals surface area contributed by atoms with Gasteiger partial charge in [0.1, 0.15) is 6.29 Å². The third-order valence-corrected chi connectivity index (χ3v) is 4.42. The molecule has 1 unspecified atom stereocenters. The molecule has 0 aliphatic carbocycles. The fourth-order valence-corrected chi connectivity index (χ4v) is 3.17. The number of rotatable bonds is 7. The van der Waals surface area contributed by atoms with E-state index in [-0.39, 0.29) is 5.41 Å². The largest absolute Gasteiger partial charge is 0.380 e. The average molecular weight is 309 g/mol. The first kappa shape index (κ1) is 15.9. The molecule has 0 bridgehead atoms. The molecule has 1 atom stereocenters. The van der Waals surface area contributed by atoms with Gasteiger partial charge in [0.25, 0.3) is 0 Å². The van der Waals surface area contributed by atoms with Crippen molar-refractivity contribution < 1.29 is 9.53 Å². The normalized spacial score (nSPS) is 20.7. The van der Waals surface area contributed by atoms with Crippen molar-refractivity contribution in [3.8, 4) is 0 Å². The van der Waals surface area contributed by atoms with Crippen LogP contribution < -0.4 is 0 Å². The molecule has 0 amide bonds. The molecular formula is C20H23NO2. The van der Waals surface area contributed by atoms with Gasteiger partial charge in [-0.3, -0.25) is 4.90 Å². The van der Waals surface area contributed by atoms with Gasteiger partial charge in [-0.05, 0) is 17.5 Å². The Labute approximate surface area is 137 Å². The zero-order chi connectivity index (χ0) is 16.0. The summed E-state index contributed by atoms with van der Waals surface area (Å²) >= 11 is 0. The van der Waals surface area contributed by atoms with Gasteiger partial charge < -0.3 is 9.53 Å². The van der Waals surface area contributed by atoms with E-state index in [0.29, 0.717) is 13.2 Å². The summed E-state index contributed by atoms with van der Waals surface area (Å²) in [7, 11) is 0. The van der Waals surface area contributed by atoms with Gasteiger partial charge in [-0.1, -0.05) is 60.7 Å². The number of ether oxygens (including phenoxy) is 1. The highest BCUT2D eigenvalue weighted by Crippen LogP contribution is 2.28. The molecule has 120 valence electrons. The number of carbonyl (C=O) groups excluding carboxylic acids is 1. The zero-order valence-electron chi connectivity index (χ0n) is 13.4. The Hall–Kier alpha value is -1.97. The Morgan fingerprint density at radius 2 is 1.52 bits per heavy atom. The second kappa shape index (κ2) is 7.53. The lowest BCUT2D eigenvalue weighted by molar-refractivity contribution is -0.117. The van der Waals surface area contributed by atoms with Crippen LogP contribution in [0.5, 0.6) is 0 Å². The average Bonchev–Trinajstić information content (AvgIpc) is 3.06. The Kier molecular flexibility index (Phi) is 5.21. The second-order valence-corrected chi connectivity index (χ2v) is 6.40. The first-order chi connectivity index (χ1) is 11.3. The third-order valence-electron chi connectivity index (χ3n) is 4.42. The van der Waals surface area contributed by atoms with Crippen LogP contribution in [0, 0.1) is 5.41 Å². The van der Waals surface area contributed by atoms with Gasteiger partial charge in [-0.25, -0.2) is 0 Å². The van der Waals surface area contributed by atoms with Crippen molar-refractivity contribution in [3.05, 3.63) is 71.8 Å². The van der Waals surface area contributed by atoms with Crippen LogP contribution in [0.25, 0.3) is 0 Å². The van der Waals surface area contributed by atoms with E-state index < -0.39 is 0 Å². The number of hydrogen-bond acceptors (Lipinski definition) is 3. The summed E-state index contributed by atoms with van der Waals surface area (Å²) in [6, 6.07) is 20.8. The molecule has 0 saturated carbocycles. The van der Waals surface area contributed by atoms with Crippen LogP contribution in [0.2, 0.25) is 0 Å². The maximum atomic E-state index is 11.7. The van der Waals surface area contributed by atoms with Gasteiger partial charge in [-0.2, -0.15) is 0 Å². The van der Waals surface area contributed by atoms with Crippen molar-refractivity contribution in [2.75, 3.05) is 19.8 Å². The summed E-state index contributed by atoms with van der Waals surface area (Å²) < 4.78 is 5.49. The molecule has 0 radical (unpaired) electrons. The molecule has 1 heterocycles. The zero-order valence-corrected chi connectivity index (χ0v) is 13.4. The number of aldehydes is 1. The maximum absolute atomic E-state index is 11.7. The van der Waals surface area contributed by atoms with Crippen molar-refractivity contribution in [2.24, 2.45) is 5.41 Å². The second-order valence-electron chi connectivity index (χ2n) is 6.40. The summed E-state index contributed by atoms with van der Waals surface area (Å²) in [5.41, 5.74) is 2.18. The highest BCUT2D eigenvalue weighted by molar-refractivity contribution is 5.60. The molecule has 0 spiro atoms. The Bertz CT molecular complexity index is 565. The first-order valence-electron chi connectivity index (χ1n) is 8.14. The van der Waals surface area contributed by atoms with Crippen molar-refractivity contribution in [2.45, 2.75) is 19.5 Å². The van der Waals surface area contributed by atoms with E-state index in [1.54, 1.807) is 0 Å². The van der Waals surface area contributed by atoms with Gasteiger partial charge in [-0.15, -0.1) is 0 Å². The van der Waals surface area contributed by atoms with Crippen LogP contribution in [0.3, 0.4) is 0 Å². The summed E-state index contributed by atoms with van der Waals surface area (Å²) in [6.45, 7) is 3.64. The highest BCUT2D eigenvalue weighted by Gasteiger charge is 2.36. The van der Waals surface area contributed by atoms with E-state index in [1.165, 1.54) is 11.1 Å². The minimum atomic E-state index is -0.358. The topological polar surface area (TPSA) is 29.5 Å². The lowest BCUT2D eigenvalue weighted by atomic mass is 9.88. The molecule has 1 aliphatic heterocycles. The van der Waals surface area contributed by atoms with Crippen LogP contribution in [0.15, 0.2) is 60.7 Å². The molecule has 0 N–H and O–H groups in total. The van der Waals surface area contributed by atoms with Gasteiger partial charge >= 0.3 is 0 Å². The molecule has 1 saturated heterocycles. The predicted molar refractivity (Wildman–Crippen MR) is 90.9 cm³/mol. The monoisotopic (exact) mass is 309 g/mol. The lowest BCUT2D eigenvalue weighted by Crippen LogP contribution is -2.39. The van der Waals surface area contributed by atoms with E-state index in [2.05, 4.69) is 53.4 Å². The van der Waals surface area contributed by atoms with E-state index in [9.17, 15) is 4.79 Å². The third kappa shape index (κ3) is 4.27. The molecule has 1 fully saturated rings. The summed E-state index contributed by atoms with van der Waals surface area (Å²) in [4.78, 5) is 14.0. The van der Waals surface area contributed by atoms with E-state index >= 15 is 0 Å². The summed E-state index contributed by atoms with van der Waals surface area (Å²) in [5, 5.41) is 0. The molecule has 2 aromatic carbocycles. The number of benzene rings is 2. The minimum absolute atomic E-state index is 0.358. The Balaban J connectivity index is 1.76. The molecular weight excluding hydrogens is 286 g/mol. The number of carbonyl (C=O) groups is 1. The predicted octanol–water partition coefficient (Wildman–Crippen LogP) is 3.29. The van der Waals surface area contributed by atoms with Crippen LogP contribution in [-0.2, 0) is 22.6 Å². The van der Waals surface area contributed by atoms with Gasteiger partial charge in [0.2, 0.25) is 0 Å². The molecule has 23 heavy (non-hydrogen) atoms. The SMILES string of the molecule is O=CC1(CN(Cc2ccccc2)Cc2ccccc2)CCOC1. The minimum Gasteiger partial charge on any atom is -0.380 e. The lowest BCUT2D eigenvalue weighted by Gasteiger charge is -2.30. The summed E-state index contributed by atoms with van der Waals surface area (Å²) in [5.74, 6) is 0. The number of hydrogen-bond donors (Lipinski definition) is 0.